The molecule has 0 aliphatic heterocycles. The van der Waals surface area contributed by atoms with Crippen molar-refractivity contribution in [1.82, 2.24) is 4.98 Å². The monoisotopic (exact) mass is 269 g/mol. The van der Waals surface area contributed by atoms with Gasteiger partial charge in [0.1, 0.15) is 4.83 Å². The van der Waals surface area contributed by atoms with Gasteiger partial charge in [-0.3, -0.25) is 0 Å². The predicted molar refractivity (Wildman–Crippen MR) is 79.6 cm³/mol. The molecule has 4 aromatic rings. The average molecular weight is 270 g/mol. The fraction of sp³-hybridized carbons (Fsp3) is 0. The smallest absolute Gasteiger partial charge is 0.125 e. The van der Waals surface area contributed by atoms with Crippen LogP contribution in [0.15, 0.2) is 48.5 Å². The van der Waals surface area contributed by atoms with Gasteiger partial charge >= 0.3 is 0 Å². The van der Waals surface area contributed by atoms with Gasteiger partial charge < -0.3 is 0 Å². The van der Waals surface area contributed by atoms with Crippen LogP contribution >= 0.6 is 22.9 Å². The third-order valence-corrected chi connectivity index (χ3v) is 4.43. The first-order valence-corrected chi connectivity index (χ1v) is 6.88. The summed E-state index contributed by atoms with van der Waals surface area (Å²) in [4.78, 5) is 5.79. The third kappa shape index (κ3) is 1.43. The van der Waals surface area contributed by atoms with Crippen LogP contribution in [0.3, 0.4) is 0 Å². The average Bonchev–Trinajstić information content (AvgIpc) is 2.72. The highest BCUT2D eigenvalue weighted by atomic mass is 35.5. The largest absolute Gasteiger partial charge is 0.237 e. The van der Waals surface area contributed by atoms with E-state index in [9.17, 15) is 0 Å². The lowest BCUT2D eigenvalue weighted by Gasteiger charge is -1.97. The van der Waals surface area contributed by atoms with Crippen LogP contribution in [0.2, 0.25) is 5.02 Å². The SMILES string of the molecule is Clc1ccc2c(c1)sc1nc3ccccc3cc12. The van der Waals surface area contributed by atoms with E-state index in [1.165, 1.54) is 20.9 Å². The van der Waals surface area contributed by atoms with E-state index in [1.54, 1.807) is 11.3 Å². The second-order valence-electron chi connectivity index (χ2n) is 4.28. The summed E-state index contributed by atoms with van der Waals surface area (Å²) in [6.45, 7) is 0. The summed E-state index contributed by atoms with van der Waals surface area (Å²) < 4.78 is 1.19. The van der Waals surface area contributed by atoms with E-state index in [1.807, 2.05) is 30.3 Å². The first kappa shape index (κ1) is 10.3. The summed E-state index contributed by atoms with van der Waals surface area (Å²) in [5.41, 5.74) is 1.04. The van der Waals surface area contributed by atoms with Gasteiger partial charge in [0.25, 0.3) is 0 Å². The quantitative estimate of drug-likeness (QED) is 0.424. The molecule has 2 aromatic carbocycles. The van der Waals surface area contributed by atoms with Crippen LogP contribution in [0.5, 0.6) is 0 Å². The Kier molecular flexibility index (Phi) is 2.10. The zero-order valence-electron chi connectivity index (χ0n) is 9.35. The van der Waals surface area contributed by atoms with Crippen molar-refractivity contribution in [2.24, 2.45) is 0 Å². The number of pyridine rings is 1. The number of benzene rings is 2. The van der Waals surface area contributed by atoms with Crippen LogP contribution in [0, 0.1) is 0 Å². The summed E-state index contributed by atoms with van der Waals surface area (Å²) in [6, 6.07) is 16.4. The highest BCUT2D eigenvalue weighted by Gasteiger charge is 2.07. The first-order valence-electron chi connectivity index (χ1n) is 5.69. The van der Waals surface area contributed by atoms with Crippen LogP contribution in [-0.4, -0.2) is 4.98 Å². The normalized spacial score (nSPS) is 11.6. The minimum atomic E-state index is 0.776. The molecule has 0 aliphatic rings. The van der Waals surface area contributed by atoms with Gasteiger partial charge in [-0.1, -0.05) is 35.9 Å². The van der Waals surface area contributed by atoms with E-state index >= 15 is 0 Å². The van der Waals surface area contributed by atoms with Gasteiger partial charge in [0.2, 0.25) is 0 Å². The second kappa shape index (κ2) is 3.67. The molecular formula is C15H8ClNS. The van der Waals surface area contributed by atoms with Crippen molar-refractivity contribution in [2.45, 2.75) is 0 Å². The summed E-state index contributed by atoms with van der Waals surface area (Å²) in [6.07, 6.45) is 0. The fourth-order valence-corrected chi connectivity index (χ4v) is 3.62. The van der Waals surface area contributed by atoms with E-state index in [2.05, 4.69) is 18.2 Å². The minimum Gasteiger partial charge on any atom is -0.237 e. The molecule has 2 aromatic heterocycles. The van der Waals surface area contributed by atoms with Crippen molar-refractivity contribution in [2.75, 3.05) is 0 Å². The predicted octanol–water partition coefficient (Wildman–Crippen LogP) is 5.26. The molecule has 0 fully saturated rings. The number of hydrogen-bond acceptors (Lipinski definition) is 2. The molecule has 2 heterocycles. The third-order valence-electron chi connectivity index (χ3n) is 3.13. The van der Waals surface area contributed by atoms with Crippen molar-refractivity contribution in [3.8, 4) is 0 Å². The Hall–Kier alpha value is -1.64. The van der Waals surface area contributed by atoms with E-state index < -0.39 is 0 Å². The van der Waals surface area contributed by atoms with Crippen molar-refractivity contribution in [3.05, 3.63) is 53.6 Å². The van der Waals surface area contributed by atoms with Crippen molar-refractivity contribution in [1.29, 1.82) is 0 Å². The van der Waals surface area contributed by atoms with E-state index in [4.69, 9.17) is 16.6 Å². The number of halogens is 1. The van der Waals surface area contributed by atoms with Gasteiger partial charge in [-0.15, -0.1) is 11.3 Å². The molecule has 0 saturated carbocycles. The molecule has 0 atom stereocenters. The topological polar surface area (TPSA) is 12.9 Å². The maximum absolute atomic E-state index is 6.04. The lowest BCUT2D eigenvalue weighted by atomic mass is 10.1. The number of hydrogen-bond donors (Lipinski definition) is 0. The van der Waals surface area contributed by atoms with Crippen LogP contribution < -0.4 is 0 Å². The van der Waals surface area contributed by atoms with Crippen LogP contribution in [0.1, 0.15) is 0 Å². The highest BCUT2D eigenvalue weighted by molar-refractivity contribution is 7.25. The van der Waals surface area contributed by atoms with Crippen LogP contribution in [0.4, 0.5) is 0 Å². The molecule has 0 N–H and O–H groups in total. The molecule has 0 radical (unpaired) electrons. The molecule has 0 bridgehead atoms. The number of nitrogens with zero attached hydrogens (tertiary/aromatic N) is 1. The summed E-state index contributed by atoms with van der Waals surface area (Å²) in [7, 11) is 0. The zero-order chi connectivity index (χ0) is 12.1. The van der Waals surface area contributed by atoms with Crippen LogP contribution in [-0.2, 0) is 0 Å². The molecule has 0 spiro atoms. The Labute approximate surface area is 113 Å². The molecule has 0 amide bonds. The van der Waals surface area contributed by atoms with Gasteiger partial charge in [-0.25, -0.2) is 4.98 Å². The lowest BCUT2D eigenvalue weighted by molar-refractivity contribution is 1.54. The lowest BCUT2D eigenvalue weighted by Crippen LogP contribution is -1.77. The molecule has 18 heavy (non-hydrogen) atoms. The van der Waals surface area contributed by atoms with Gasteiger partial charge in [0.15, 0.2) is 0 Å². The standard InChI is InChI=1S/C15H8ClNS/c16-10-5-6-11-12-7-9-3-1-2-4-13(9)17-15(12)18-14(11)8-10/h1-8H. The summed E-state index contributed by atoms with van der Waals surface area (Å²) in [5.74, 6) is 0. The number of aromatic nitrogens is 1. The van der Waals surface area contributed by atoms with Crippen molar-refractivity contribution >= 4 is 54.1 Å². The summed E-state index contributed by atoms with van der Waals surface area (Å²) in [5, 5.41) is 4.40. The first-order chi connectivity index (χ1) is 8.81. The zero-order valence-corrected chi connectivity index (χ0v) is 10.9. The van der Waals surface area contributed by atoms with Gasteiger partial charge in [-0.05, 0) is 24.3 Å². The Bertz CT molecular complexity index is 895. The Balaban J connectivity index is 2.23. The molecule has 4 rings (SSSR count). The molecule has 3 heteroatoms. The van der Waals surface area contributed by atoms with E-state index in [0.717, 1.165) is 15.4 Å². The molecule has 0 saturated heterocycles. The maximum Gasteiger partial charge on any atom is 0.125 e. The van der Waals surface area contributed by atoms with E-state index in [0.29, 0.717) is 0 Å². The molecule has 1 nitrogen and oxygen atoms in total. The van der Waals surface area contributed by atoms with Gasteiger partial charge in [0, 0.05) is 25.9 Å². The minimum absolute atomic E-state index is 0.776. The number of rotatable bonds is 0. The summed E-state index contributed by atoms with van der Waals surface area (Å²) >= 11 is 7.73. The Morgan fingerprint density at radius 2 is 1.83 bits per heavy atom. The molecule has 0 unspecified atom stereocenters. The number of para-hydroxylation sites is 1. The molecule has 0 aliphatic carbocycles. The van der Waals surface area contributed by atoms with Gasteiger partial charge in [-0.2, -0.15) is 0 Å². The fourth-order valence-electron chi connectivity index (χ4n) is 2.28. The molecular weight excluding hydrogens is 262 g/mol. The number of thiophene rings is 1. The van der Waals surface area contributed by atoms with Crippen molar-refractivity contribution in [3.63, 3.8) is 0 Å². The second-order valence-corrected chi connectivity index (χ2v) is 5.74. The highest BCUT2D eigenvalue weighted by Crippen LogP contribution is 2.35. The Morgan fingerprint density at radius 3 is 2.78 bits per heavy atom. The maximum atomic E-state index is 6.04. The Morgan fingerprint density at radius 1 is 0.944 bits per heavy atom. The van der Waals surface area contributed by atoms with Gasteiger partial charge in [0.05, 0.1) is 5.52 Å². The number of fused-ring (bicyclic) bond motifs is 4. The molecule has 86 valence electrons. The van der Waals surface area contributed by atoms with Crippen molar-refractivity contribution < 1.29 is 0 Å². The van der Waals surface area contributed by atoms with Crippen LogP contribution in [0.25, 0.3) is 31.2 Å². The van der Waals surface area contributed by atoms with E-state index in [-0.39, 0.29) is 0 Å².